The smallest absolute Gasteiger partial charge is 0.243 e. The van der Waals surface area contributed by atoms with Crippen molar-refractivity contribution < 1.29 is 17.9 Å². The average Bonchev–Trinajstić information content (AvgIpc) is 2.73. The van der Waals surface area contributed by atoms with E-state index in [1.165, 1.54) is 4.31 Å². The van der Waals surface area contributed by atoms with Gasteiger partial charge in [0.05, 0.1) is 4.90 Å². The highest BCUT2D eigenvalue weighted by Crippen LogP contribution is 2.33. The van der Waals surface area contributed by atoms with Crippen LogP contribution >= 0.6 is 0 Å². The van der Waals surface area contributed by atoms with E-state index in [1.54, 1.807) is 18.2 Å². The second kappa shape index (κ2) is 7.79. The molecule has 0 aliphatic carbocycles. The third-order valence-electron chi connectivity index (χ3n) is 5.09. The Morgan fingerprint density at radius 2 is 1.66 bits per heavy atom. The van der Waals surface area contributed by atoms with E-state index in [9.17, 15) is 8.42 Å². The molecular weight excluding hydrogens is 392 g/mol. The van der Waals surface area contributed by atoms with E-state index >= 15 is 0 Å². The SMILES string of the molecule is Cc1cc(N2CCN(S(=O)(=O)c3ccc4c(c3)OCCO4)CC2)nc(C(C)C)n1. The van der Waals surface area contributed by atoms with Crippen molar-refractivity contribution in [3.63, 3.8) is 0 Å². The van der Waals surface area contributed by atoms with Crippen molar-refractivity contribution in [2.75, 3.05) is 44.3 Å². The molecule has 8 nitrogen and oxygen atoms in total. The summed E-state index contributed by atoms with van der Waals surface area (Å²) in [6.07, 6.45) is 0. The van der Waals surface area contributed by atoms with Crippen molar-refractivity contribution in [2.45, 2.75) is 31.6 Å². The Balaban J connectivity index is 1.49. The molecule has 2 aliphatic rings. The van der Waals surface area contributed by atoms with E-state index in [4.69, 9.17) is 9.47 Å². The number of hydrogen-bond donors (Lipinski definition) is 0. The average molecular weight is 419 g/mol. The van der Waals surface area contributed by atoms with E-state index in [-0.39, 0.29) is 10.8 Å². The van der Waals surface area contributed by atoms with Crippen LogP contribution in [0.1, 0.15) is 31.3 Å². The van der Waals surface area contributed by atoms with Crippen LogP contribution in [-0.4, -0.2) is 62.1 Å². The maximum atomic E-state index is 13.1. The van der Waals surface area contributed by atoms with E-state index in [0.29, 0.717) is 50.9 Å². The third kappa shape index (κ3) is 4.02. The van der Waals surface area contributed by atoms with Gasteiger partial charge in [0.1, 0.15) is 24.9 Å². The minimum Gasteiger partial charge on any atom is -0.486 e. The van der Waals surface area contributed by atoms with Crippen LogP contribution in [0.25, 0.3) is 0 Å². The number of benzene rings is 1. The first kappa shape index (κ1) is 19.9. The number of ether oxygens (including phenoxy) is 2. The molecule has 0 unspecified atom stereocenters. The Bertz CT molecular complexity index is 1000. The summed E-state index contributed by atoms with van der Waals surface area (Å²) in [6.45, 7) is 8.95. The normalized spacial score (nSPS) is 17.6. The maximum absolute atomic E-state index is 13.1. The first-order valence-corrected chi connectivity index (χ1v) is 11.3. The number of piperazine rings is 1. The van der Waals surface area contributed by atoms with Crippen molar-refractivity contribution in [1.82, 2.24) is 14.3 Å². The Hall–Kier alpha value is -2.39. The highest BCUT2D eigenvalue weighted by Gasteiger charge is 2.30. The lowest BCUT2D eigenvalue weighted by atomic mass is 10.2. The molecule has 29 heavy (non-hydrogen) atoms. The van der Waals surface area contributed by atoms with Gasteiger partial charge in [-0.3, -0.25) is 0 Å². The summed E-state index contributed by atoms with van der Waals surface area (Å²) in [6, 6.07) is 6.75. The van der Waals surface area contributed by atoms with Crippen LogP contribution in [-0.2, 0) is 10.0 Å². The number of anilines is 1. The maximum Gasteiger partial charge on any atom is 0.243 e. The molecule has 0 bridgehead atoms. The number of aryl methyl sites for hydroxylation is 1. The molecular formula is C20H26N4O4S. The van der Waals surface area contributed by atoms with Gasteiger partial charge >= 0.3 is 0 Å². The summed E-state index contributed by atoms with van der Waals surface area (Å²) in [5, 5.41) is 0. The molecule has 0 radical (unpaired) electrons. The van der Waals surface area contributed by atoms with Gasteiger partial charge in [-0.05, 0) is 19.1 Å². The molecule has 0 amide bonds. The molecule has 0 N–H and O–H groups in total. The van der Waals surface area contributed by atoms with Crippen molar-refractivity contribution in [1.29, 1.82) is 0 Å². The van der Waals surface area contributed by atoms with Crippen molar-refractivity contribution in [3.05, 3.63) is 35.8 Å². The predicted octanol–water partition coefficient (Wildman–Crippen LogP) is 2.19. The summed E-state index contributed by atoms with van der Waals surface area (Å²) in [5.41, 5.74) is 0.921. The largest absolute Gasteiger partial charge is 0.486 e. The number of hydrogen-bond acceptors (Lipinski definition) is 7. The molecule has 2 aliphatic heterocycles. The molecule has 0 saturated carbocycles. The lowest BCUT2D eigenvalue weighted by molar-refractivity contribution is 0.171. The monoisotopic (exact) mass is 418 g/mol. The van der Waals surface area contributed by atoms with Crippen molar-refractivity contribution in [2.24, 2.45) is 0 Å². The molecule has 0 atom stereocenters. The number of aromatic nitrogens is 2. The van der Waals surface area contributed by atoms with Crippen LogP contribution < -0.4 is 14.4 Å². The van der Waals surface area contributed by atoms with Gasteiger partial charge in [0.15, 0.2) is 11.5 Å². The molecule has 2 aromatic rings. The third-order valence-corrected chi connectivity index (χ3v) is 6.98. The predicted molar refractivity (Wildman–Crippen MR) is 109 cm³/mol. The fourth-order valence-corrected chi connectivity index (χ4v) is 4.92. The van der Waals surface area contributed by atoms with Crippen LogP contribution in [0.5, 0.6) is 11.5 Å². The first-order valence-electron chi connectivity index (χ1n) is 9.85. The zero-order valence-corrected chi connectivity index (χ0v) is 17.8. The van der Waals surface area contributed by atoms with Crippen LogP contribution in [0, 0.1) is 6.92 Å². The molecule has 3 heterocycles. The lowest BCUT2D eigenvalue weighted by Crippen LogP contribution is -2.49. The molecule has 1 fully saturated rings. The zero-order chi connectivity index (χ0) is 20.6. The first-order chi connectivity index (χ1) is 13.8. The summed E-state index contributed by atoms with van der Waals surface area (Å²) >= 11 is 0. The molecule has 1 aromatic heterocycles. The standard InChI is InChI=1S/C20H26N4O4S/c1-14(2)20-21-15(3)12-19(22-20)23-6-8-24(9-7-23)29(25,26)16-4-5-17-18(13-16)28-11-10-27-17/h4-5,12-14H,6-11H2,1-3H3. The highest BCUT2D eigenvalue weighted by molar-refractivity contribution is 7.89. The molecule has 0 spiro atoms. The Morgan fingerprint density at radius 1 is 0.966 bits per heavy atom. The van der Waals surface area contributed by atoms with Gasteiger partial charge in [-0.1, -0.05) is 13.8 Å². The number of sulfonamides is 1. The quantitative estimate of drug-likeness (QED) is 0.752. The topological polar surface area (TPSA) is 84.9 Å². The fourth-order valence-electron chi connectivity index (χ4n) is 3.49. The molecule has 1 aromatic carbocycles. The fraction of sp³-hybridized carbons (Fsp3) is 0.500. The van der Waals surface area contributed by atoms with Gasteiger partial charge in [0.2, 0.25) is 10.0 Å². The van der Waals surface area contributed by atoms with Crippen molar-refractivity contribution in [3.8, 4) is 11.5 Å². The summed E-state index contributed by atoms with van der Waals surface area (Å²) in [4.78, 5) is 11.5. The van der Waals surface area contributed by atoms with Gasteiger partial charge in [0, 0.05) is 49.9 Å². The summed E-state index contributed by atoms with van der Waals surface area (Å²) in [7, 11) is -3.59. The van der Waals surface area contributed by atoms with Crippen LogP contribution in [0.3, 0.4) is 0 Å². The van der Waals surface area contributed by atoms with Gasteiger partial charge in [-0.25, -0.2) is 18.4 Å². The van der Waals surface area contributed by atoms with E-state index in [2.05, 4.69) is 28.7 Å². The Morgan fingerprint density at radius 3 is 2.34 bits per heavy atom. The molecule has 1 saturated heterocycles. The summed E-state index contributed by atoms with van der Waals surface area (Å²) < 4.78 is 38.7. The minimum absolute atomic E-state index is 0.232. The van der Waals surface area contributed by atoms with Gasteiger partial charge in [0.25, 0.3) is 0 Å². The zero-order valence-electron chi connectivity index (χ0n) is 17.0. The second-order valence-electron chi connectivity index (χ2n) is 7.58. The van der Waals surface area contributed by atoms with E-state index in [0.717, 1.165) is 17.3 Å². The Labute approximate surface area is 171 Å². The molecule has 156 valence electrons. The highest BCUT2D eigenvalue weighted by atomic mass is 32.2. The number of nitrogens with zero attached hydrogens (tertiary/aromatic N) is 4. The van der Waals surface area contributed by atoms with Crippen LogP contribution in [0.4, 0.5) is 5.82 Å². The molecule has 4 rings (SSSR count). The van der Waals surface area contributed by atoms with E-state index in [1.807, 2.05) is 13.0 Å². The van der Waals surface area contributed by atoms with Crippen molar-refractivity contribution >= 4 is 15.8 Å². The number of fused-ring (bicyclic) bond motifs is 1. The Kier molecular flexibility index (Phi) is 5.35. The van der Waals surface area contributed by atoms with Gasteiger partial charge in [-0.2, -0.15) is 4.31 Å². The minimum atomic E-state index is -3.59. The van der Waals surface area contributed by atoms with Crippen LogP contribution in [0.2, 0.25) is 0 Å². The van der Waals surface area contributed by atoms with Crippen LogP contribution in [0.15, 0.2) is 29.2 Å². The second-order valence-corrected chi connectivity index (χ2v) is 9.51. The van der Waals surface area contributed by atoms with Gasteiger partial charge in [-0.15, -0.1) is 0 Å². The van der Waals surface area contributed by atoms with Gasteiger partial charge < -0.3 is 14.4 Å². The number of rotatable bonds is 4. The van der Waals surface area contributed by atoms with E-state index < -0.39 is 10.0 Å². The lowest BCUT2D eigenvalue weighted by Gasteiger charge is -2.35. The molecule has 9 heteroatoms. The summed E-state index contributed by atoms with van der Waals surface area (Å²) in [5.74, 6) is 2.98.